The third-order valence-electron chi connectivity index (χ3n) is 9.93. The van der Waals surface area contributed by atoms with E-state index in [1.165, 1.54) is 122 Å². The molecule has 0 saturated carbocycles. The van der Waals surface area contributed by atoms with Crippen LogP contribution in [0.2, 0.25) is 0 Å². The maximum atomic E-state index is 11.5. The quantitative estimate of drug-likeness (QED) is 0.0471. The first-order chi connectivity index (χ1) is 22.0. The Morgan fingerprint density at radius 1 is 0.478 bits per heavy atom. The first-order valence-electron chi connectivity index (χ1n) is 19.3. The van der Waals surface area contributed by atoms with Crippen molar-refractivity contribution in [3.8, 4) is 0 Å². The minimum Gasteiger partial charge on any atom is -0.481 e. The van der Waals surface area contributed by atoms with E-state index in [1.807, 2.05) is 0 Å². The molecule has 3 unspecified atom stereocenters. The largest absolute Gasteiger partial charge is 0.481 e. The van der Waals surface area contributed by atoms with Crippen molar-refractivity contribution < 1.29 is 34.2 Å². The van der Waals surface area contributed by atoms with Crippen molar-refractivity contribution in [3.05, 3.63) is 12.3 Å². The van der Waals surface area contributed by atoms with Crippen molar-refractivity contribution >= 4 is 17.9 Å². The first-order valence-corrected chi connectivity index (χ1v) is 19.3. The van der Waals surface area contributed by atoms with E-state index in [1.54, 1.807) is 20.8 Å². The Kier molecular flexibility index (Phi) is 28.1. The highest BCUT2D eigenvalue weighted by molar-refractivity contribution is 5.70. The van der Waals surface area contributed by atoms with E-state index in [0.717, 1.165) is 12.8 Å². The molecule has 7 nitrogen and oxygen atoms in total. The molecule has 46 heavy (non-hydrogen) atoms. The van der Waals surface area contributed by atoms with Crippen LogP contribution in [0.25, 0.3) is 0 Å². The van der Waals surface area contributed by atoms with Gasteiger partial charge in [-0.2, -0.15) is 0 Å². The summed E-state index contributed by atoms with van der Waals surface area (Å²) in [6.07, 6.45) is 33.7. The van der Waals surface area contributed by atoms with Crippen molar-refractivity contribution in [3.63, 3.8) is 0 Å². The molecule has 3 N–H and O–H groups in total. The molecule has 3 atom stereocenters. The SMILES string of the molecule is CCCCCCCCCCCCCCCCCCCCCC/C=C/[N+](CCC(C)C(=O)O)(CCC(C)C(=O)O)CCC(C)C(=O)O. The van der Waals surface area contributed by atoms with Crippen molar-refractivity contribution in [2.24, 2.45) is 17.8 Å². The highest BCUT2D eigenvalue weighted by Crippen LogP contribution is 2.22. The van der Waals surface area contributed by atoms with Gasteiger partial charge in [0.05, 0.1) is 43.6 Å². The maximum Gasteiger partial charge on any atom is 0.306 e. The second-order valence-corrected chi connectivity index (χ2v) is 14.4. The molecule has 270 valence electrons. The van der Waals surface area contributed by atoms with Gasteiger partial charge in [-0.25, -0.2) is 0 Å². The Hall–Kier alpha value is -1.89. The van der Waals surface area contributed by atoms with Crippen LogP contribution in [-0.4, -0.2) is 57.3 Å². The zero-order valence-corrected chi connectivity index (χ0v) is 30.5. The molecule has 0 rings (SSSR count). The summed E-state index contributed by atoms with van der Waals surface area (Å²) < 4.78 is 0.437. The molecule has 0 aliphatic carbocycles. The number of carboxylic acids is 3. The molecule has 0 bridgehead atoms. The van der Waals surface area contributed by atoms with Gasteiger partial charge in [-0.1, -0.05) is 150 Å². The zero-order valence-electron chi connectivity index (χ0n) is 30.5. The summed E-state index contributed by atoms with van der Waals surface area (Å²) >= 11 is 0. The Morgan fingerprint density at radius 2 is 0.739 bits per heavy atom. The van der Waals surface area contributed by atoms with Crippen LogP contribution in [0.4, 0.5) is 0 Å². The number of rotatable bonds is 34. The lowest BCUT2D eigenvalue weighted by Gasteiger charge is -2.37. The number of carbonyl (C=O) groups is 3. The van der Waals surface area contributed by atoms with E-state index < -0.39 is 35.7 Å². The fourth-order valence-electron chi connectivity index (χ4n) is 6.10. The molecule has 0 amide bonds. The molecule has 0 saturated heterocycles. The molecule has 0 aromatic carbocycles. The van der Waals surface area contributed by atoms with Gasteiger partial charge >= 0.3 is 17.9 Å². The van der Waals surface area contributed by atoms with Crippen LogP contribution < -0.4 is 0 Å². The smallest absolute Gasteiger partial charge is 0.306 e. The second kappa shape index (κ2) is 29.3. The summed E-state index contributed by atoms with van der Waals surface area (Å²) in [5, 5.41) is 28.3. The highest BCUT2D eigenvalue weighted by Gasteiger charge is 2.30. The molecule has 0 aromatic rings. The Balaban J connectivity index is 4.35. The fraction of sp³-hybridized carbons (Fsp3) is 0.872. The number of nitrogens with zero attached hydrogens (tertiary/aromatic N) is 1. The molecule has 0 aliphatic heterocycles. The normalized spacial score (nSPS) is 15.0. The van der Waals surface area contributed by atoms with Gasteiger partial charge in [-0.3, -0.25) is 18.9 Å². The molecular formula is C39H74NO6+. The van der Waals surface area contributed by atoms with Crippen molar-refractivity contribution in [2.75, 3.05) is 19.6 Å². The van der Waals surface area contributed by atoms with Crippen molar-refractivity contribution in [2.45, 2.75) is 182 Å². The monoisotopic (exact) mass is 653 g/mol. The van der Waals surface area contributed by atoms with E-state index in [-0.39, 0.29) is 0 Å². The predicted octanol–water partition coefficient (Wildman–Crippen LogP) is 10.9. The minimum absolute atomic E-state index is 0.437. The third-order valence-corrected chi connectivity index (χ3v) is 9.93. The number of carboxylic acid groups (broad SMARTS) is 3. The van der Waals surface area contributed by atoms with Gasteiger partial charge in [-0.15, -0.1) is 0 Å². The summed E-state index contributed by atoms with van der Waals surface area (Å²) in [5.41, 5.74) is 0. The van der Waals surface area contributed by atoms with Crippen LogP contribution in [0.3, 0.4) is 0 Å². The number of unbranched alkanes of at least 4 members (excludes halogenated alkanes) is 20. The second-order valence-electron chi connectivity index (χ2n) is 14.4. The summed E-state index contributed by atoms with van der Waals surface area (Å²) in [6.45, 7) is 9.03. The van der Waals surface area contributed by atoms with Crippen LogP contribution in [-0.2, 0) is 14.4 Å². The highest BCUT2D eigenvalue weighted by atomic mass is 16.4. The van der Waals surface area contributed by atoms with Gasteiger partial charge < -0.3 is 15.3 Å². The Bertz CT molecular complexity index is 738. The number of aliphatic carboxylic acids is 3. The molecule has 0 fully saturated rings. The Labute approximate surface area is 283 Å². The topological polar surface area (TPSA) is 112 Å². The van der Waals surface area contributed by atoms with E-state index >= 15 is 0 Å². The van der Waals surface area contributed by atoms with Gasteiger partial charge in [0, 0.05) is 19.3 Å². The van der Waals surface area contributed by atoms with Gasteiger partial charge in [0.15, 0.2) is 0 Å². The van der Waals surface area contributed by atoms with Crippen LogP contribution >= 0.6 is 0 Å². The number of allylic oxidation sites excluding steroid dienone is 1. The van der Waals surface area contributed by atoms with E-state index in [4.69, 9.17) is 0 Å². The van der Waals surface area contributed by atoms with E-state index in [2.05, 4.69) is 19.2 Å². The van der Waals surface area contributed by atoms with Crippen LogP contribution in [0.1, 0.15) is 182 Å². The zero-order chi connectivity index (χ0) is 34.5. The van der Waals surface area contributed by atoms with E-state index in [9.17, 15) is 29.7 Å². The molecule has 0 spiro atoms. The van der Waals surface area contributed by atoms with Crippen LogP contribution in [0, 0.1) is 17.8 Å². The number of hydrogen-bond donors (Lipinski definition) is 3. The molecule has 7 heteroatoms. The van der Waals surface area contributed by atoms with Crippen molar-refractivity contribution in [1.82, 2.24) is 0 Å². The lowest BCUT2D eigenvalue weighted by molar-refractivity contribution is -0.881. The molecule has 0 radical (unpaired) electrons. The van der Waals surface area contributed by atoms with Crippen molar-refractivity contribution in [1.29, 1.82) is 0 Å². The maximum absolute atomic E-state index is 11.5. The van der Waals surface area contributed by atoms with Gasteiger partial charge in [-0.05, 0) is 18.9 Å². The van der Waals surface area contributed by atoms with Crippen LogP contribution in [0.15, 0.2) is 12.3 Å². The van der Waals surface area contributed by atoms with Gasteiger partial charge in [0.1, 0.15) is 0 Å². The average Bonchev–Trinajstić information content (AvgIpc) is 3.03. The Morgan fingerprint density at radius 3 is 1.00 bits per heavy atom. The standard InChI is InChI=1S/C39H73NO6/c1-5-6-7-8-9-10-11-12-13-14-15-16-17-18-19-20-21-22-23-24-25-26-30-40(31-27-34(2)37(41)42,32-28-35(3)38(43)44)33-29-36(4)39(45)46/h26,30,34-36H,5-25,27-29,31-33H2,1-4H3,(H2-,41,42,43,44,45,46)/p+1/b30-26+. The number of quaternary nitrogens is 1. The third kappa shape index (κ3) is 25.2. The summed E-state index contributed by atoms with van der Waals surface area (Å²) in [7, 11) is 0. The molecule has 0 aliphatic rings. The van der Waals surface area contributed by atoms with Gasteiger partial charge in [0.25, 0.3) is 0 Å². The molecule has 0 heterocycles. The molecular weight excluding hydrogens is 578 g/mol. The summed E-state index contributed by atoms with van der Waals surface area (Å²) in [4.78, 5) is 34.5. The summed E-state index contributed by atoms with van der Waals surface area (Å²) in [6, 6.07) is 0. The summed E-state index contributed by atoms with van der Waals surface area (Å²) in [5.74, 6) is -4.06. The first kappa shape index (κ1) is 44.1. The molecule has 0 aromatic heterocycles. The lowest BCUT2D eigenvalue weighted by Crippen LogP contribution is -2.47. The number of hydrogen-bond acceptors (Lipinski definition) is 3. The van der Waals surface area contributed by atoms with Gasteiger partial charge in [0.2, 0.25) is 0 Å². The van der Waals surface area contributed by atoms with Crippen LogP contribution in [0.5, 0.6) is 0 Å². The lowest BCUT2D eigenvalue weighted by atomic mass is 10.0. The average molecular weight is 653 g/mol. The predicted molar refractivity (Wildman–Crippen MR) is 191 cm³/mol. The van der Waals surface area contributed by atoms with E-state index in [0.29, 0.717) is 43.4 Å². The fourth-order valence-corrected chi connectivity index (χ4v) is 6.10. The minimum atomic E-state index is -0.843.